The third kappa shape index (κ3) is 3.10. The fourth-order valence-corrected chi connectivity index (χ4v) is 2.02. The molecule has 0 N–H and O–H groups in total. The first-order valence-corrected chi connectivity index (χ1v) is 5.70. The van der Waals surface area contributed by atoms with E-state index in [4.69, 9.17) is 11.2 Å². The topological polar surface area (TPSA) is 12.5 Å². The smallest absolute Gasteiger partial charge is 0.0811 e. The van der Waals surface area contributed by atoms with Gasteiger partial charge in [0.1, 0.15) is 0 Å². The minimum Gasteiger partial charge on any atom is -0.375 e. The van der Waals surface area contributed by atoms with Crippen LogP contribution in [0.25, 0.3) is 0 Å². The molecule has 2 heteroatoms. The summed E-state index contributed by atoms with van der Waals surface area (Å²) in [5.41, 5.74) is 1.35. The lowest BCUT2D eigenvalue weighted by molar-refractivity contribution is -0.0281. The van der Waals surface area contributed by atoms with Crippen molar-refractivity contribution in [2.75, 3.05) is 19.7 Å². The molecule has 1 unspecified atom stereocenters. The molecule has 0 saturated carbocycles. The van der Waals surface area contributed by atoms with Crippen LogP contribution in [0.5, 0.6) is 0 Å². The van der Waals surface area contributed by atoms with E-state index in [0.29, 0.717) is 6.42 Å². The minimum absolute atomic E-state index is 0.211. The van der Waals surface area contributed by atoms with Crippen molar-refractivity contribution >= 4 is 0 Å². The first-order valence-electron chi connectivity index (χ1n) is 5.70. The maximum Gasteiger partial charge on any atom is 0.0811 e. The van der Waals surface area contributed by atoms with E-state index in [9.17, 15) is 0 Å². The Labute approximate surface area is 97.2 Å². The van der Waals surface area contributed by atoms with E-state index in [1.165, 1.54) is 5.56 Å². The van der Waals surface area contributed by atoms with E-state index < -0.39 is 0 Å². The maximum absolute atomic E-state index is 5.60. The number of nitrogens with zero attached hydrogens (tertiary/aromatic N) is 1. The van der Waals surface area contributed by atoms with E-state index in [1.54, 1.807) is 0 Å². The van der Waals surface area contributed by atoms with Crippen molar-refractivity contribution in [1.82, 2.24) is 4.90 Å². The fraction of sp³-hybridized carbons (Fsp3) is 0.429. The molecule has 0 radical (unpaired) electrons. The number of ether oxygens (including phenoxy) is 1. The zero-order valence-electron chi connectivity index (χ0n) is 9.43. The van der Waals surface area contributed by atoms with Crippen molar-refractivity contribution in [2.45, 2.75) is 19.1 Å². The van der Waals surface area contributed by atoms with Crippen LogP contribution in [0, 0.1) is 12.3 Å². The normalized spacial score (nSPS) is 21.6. The van der Waals surface area contributed by atoms with Gasteiger partial charge in [0.15, 0.2) is 0 Å². The predicted octanol–water partition coefficient (Wildman–Crippen LogP) is 1.91. The quantitative estimate of drug-likeness (QED) is 0.714. The molecule has 84 valence electrons. The van der Waals surface area contributed by atoms with Gasteiger partial charge < -0.3 is 4.74 Å². The summed E-state index contributed by atoms with van der Waals surface area (Å²) in [5, 5.41) is 0. The standard InChI is InChI=1S/C14H17NO/c1-2-6-14-12-15(9-10-16-14)11-13-7-4-3-5-8-13/h1,3-5,7-8,14H,6,9-12H2. The monoisotopic (exact) mass is 215 g/mol. The zero-order chi connectivity index (χ0) is 11.2. The van der Waals surface area contributed by atoms with Gasteiger partial charge in [0, 0.05) is 26.1 Å². The average Bonchev–Trinajstić information content (AvgIpc) is 2.31. The van der Waals surface area contributed by atoms with Gasteiger partial charge >= 0.3 is 0 Å². The first-order chi connectivity index (χ1) is 7.88. The summed E-state index contributed by atoms with van der Waals surface area (Å²) in [6.45, 7) is 3.72. The molecule has 0 aliphatic carbocycles. The van der Waals surface area contributed by atoms with E-state index in [1.807, 2.05) is 6.07 Å². The van der Waals surface area contributed by atoms with Crippen molar-refractivity contribution in [2.24, 2.45) is 0 Å². The second-order valence-electron chi connectivity index (χ2n) is 4.12. The van der Waals surface area contributed by atoms with Crippen LogP contribution in [-0.2, 0) is 11.3 Å². The summed E-state index contributed by atoms with van der Waals surface area (Å²) in [6, 6.07) is 10.5. The Morgan fingerprint density at radius 2 is 2.19 bits per heavy atom. The Balaban J connectivity index is 1.88. The summed E-state index contributed by atoms with van der Waals surface area (Å²) in [4.78, 5) is 2.40. The van der Waals surface area contributed by atoms with E-state index >= 15 is 0 Å². The Kier molecular flexibility index (Phi) is 3.98. The molecule has 1 aliphatic rings. The largest absolute Gasteiger partial charge is 0.375 e. The highest BCUT2D eigenvalue weighted by Crippen LogP contribution is 2.11. The molecule has 1 saturated heterocycles. The van der Waals surface area contributed by atoms with Crippen molar-refractivity contribution in [3.63, 3.8) is 0 Å². The average molecular weight is 215 g/mol. The lowest BCUT2D eigenvalue weighted by atomic mass is 10.1. The summed E-state index contributed by atoms with van der Waals surface area (Å²) in [7, 11) is 0. The molecule has 1 aromatic rings. The first kappa shape index (κ1) is 11.2. The summed E-state index contributed by atoms with van der Waals surface area (Å²) in [5.74, 6) is 2.67. The number of hydrogen-bond donors (Lipinski definition) is 0. The van der Waals surface area contributed by atoms with Gasteiger partial charge in [-0.25, -0.2) is 0 Å². The molecular formula is C14H17NO. The molecule has 1 fully saturated rings. The minimum atomic E-state index is 0.211. The molecule has 1 aromatic carbocycles. The Morgan fingerprint density at radius 3 is 2.94 bits per heavy atom. The van der Waals surface area contributed by atoms with Crippen LogP contribution in [-0.4, -0.2) is 30.7 Å². The molecule has 2 nitrogen and oxygen atoms in total. The van der Waals surface area contributed by atoms with E-state index in [-0.39, 0.29) is 6.10 Å². The van der Waals surface area contributed by atoms with Gasteiger partial charge in [-0.15, -0.1) is 12.3 Å². The molecule has 1 aliphatic heterocycles. The number of rotatable bonds is 3. The van der Waals surface area contributed by atoms with Gasteiger partial charge in [0.2, 0.25) is 0 Å². The maximum atomic E-state index is 5.60. The van der Waals surface area contributed by atoms with Gasteiger partial charge in [-0.3, -0.25) is 4.90 Å². The Morgan fingerprint density at radius 1 is 1.38 bits per heavy atom. The molecule has 2 rings (SSSR count). The van der Waals surface area contributed by atoms with Crippen LogP contribution in [0.2, 0.25) is 0 Å². The van der Waals surface area contributed by atoms with Crippen molar-refractivity contribution < 1.29 is 4.74 Å². The Hall–Kier alpha value is -1.30. The second kappa shape index (κ2) is 5.69. The highest BCUT2D eigenvalue weighted by atomic mass is 16.5. The molecule has 0 aromatic heterocycles. The van der Waals surface area contributed by atoms with Gasteiger partial charge in [-0.2, -0.15) is 0 Å². The van der Waals surface area contributed by atoms with Gasteiger partial charge in [0.05, 0.1) is 12.7 Å². The van der Waals surface area contributed by atoms with Gasteiger partial charge in [-0.05, 0) is 5.56 Å². The highest BCUT2D eigenvalue weighted by Gasteiger charge is 2.19. The number of terminal acetylenes is 1. The Bertz CT molecular complexity index is 355. The zero-order valence-corrected chi connectivity index (χ0v) is 9.43. The highest BCUT2D eigenvalue weighted by molar-refractivity contribution is 5.14. The lowest BCUT2D eigenvalue weighted by Crippen LogP contribution is -2.41. The predicted molar refractivity (Wildman–Crippen MR) is 64.9 cm³/mol. The van der Waals surface area contributed by atoms with Crippen LogP contribution in [0.3, 0.4) is 0 Å². The SMILES string of the molecule is C#CCC1CN(Cc2ccccc2)CCO1. The van der Waals surface area contributed by atoms with Crippen LogP contribution < -0.4 is 0 Å². The fourth-order valence-electron chi connectivity index (χ4n) is 2.02. The van der Waals surface area contributed by atoms with Gasteiger partial charge in [-0.1, -0.05) is 30.3 Å². The lowest BCUT2D eigenvalue weighted by Gasteiger charge is -2.32. The molecule has 0 amide bonds. The molecule has 1 atom stereocenters. The molecule has 1 heterocycles. The number of hydrogen-bond acceptors (Lipinski definition) is 2. The number of benzene rings is 1. The third-order valence-corrected chi connectivity index (χ3v) is 2.82. The molecule has 0 spiro atoms. The van der Waals surface area contributed by atoms with Crippen LogP contribution >= 0.6 is 0 Å². The summed E-state index contributed by atoms with van der Waals surface area (Å²) >= 11 is 0. The van der Waals surface area contributed by atoms with Crippen molar-refractivity contribution in [1.29, 1.82) is 0 Å². The van der Waals surface area contributed by atoms with E-state index in [2.05, 4.69) is 35.1 Å². The van der Waals surface area contributed by atoms with Crippen molar-refractivity contribution in [3.8, 4) is 12.3 Å². The number of morpholine rings is 1. The summed E-state index contributed by atoms with van der Waals surface area (Å²) < 4.78 is 5.60. The third-order valence-electron chi connectivity index (χ3n) is 2.82. The molecule has 16 heavy (non-hydrogen) atoms. The molecular weight excluding hydrogens is 198 g/mol. The van der Waals surface area contributed by atoms with Gasteiger partial charge in [0.25, 0.3) is 0 Å². The van der Waals surface area contributed by atoms with Crippen LogP contribution in [0.15, 0.2) is 30.3 Å². The van der Waals surface area contributed by atoms with Crippen LogP contribution in [0.1, 0.15) is 12.0 Å². The second-order valence-corrected chi connectivity index (χ2v) is 4.12. The molecule has 0 bridgehead atoms. The summed E-state index contributed by atoms with van der Waals surface area (Å²) in [6.07, 6.45) is 6.23. The van der Waals surface area contributed by atoms with E-state index in [0.717, 1.165) is 26.2 Å². The van der Waals surface area contributed by atoms with Crippen molar-refractivity contribution in [3.05, 3.63) is 35.9 Å². The van der Waals surface area contributed by atoms with Crippen LogP contribution in [0.4, 0.5) is 0 Å².